The van der Waals surface area contributed by atoms with Gasteiger partial charge >= 0.3 is 0 Å². The van der Waals surface area contributed by atoms with Gasteiger partial charge in [-0.25, -0.2) is 0 Å². The van der Waals surface area contributed by atoms with Crippen LogP contribution in [0.5, 0.6) is 0 Å². The molecule has 116 valence electrons. The van der Waals surface area contributed by atoms with E-state index in [9.17, 15) is 9.90 Å². The van der Waals surface area contributed by atoms with E-state index in [1.54, 1.807) is 0 Å². The van der Waals surface area contributed by atoms with Crippen molar-refractivity contribution in [1.29, 1.82) is 0 Å². The summed E-state index contributed by atoms with van der Waals surface area (Å²) in [5.41, 5.74) is 4.31. The Kier molecular flexibility index (Phi) is 3.16. The number of amides is 1. The lowest BCUT2D eigenvalue weighted by atomic mass is 10.1. The van der Waals surface area contributed by atoms with E-state index in [-0.39, 0.29) is 5.91 Å². The third kappa shape index (κ3) is 2.29. The molecule has 1 aliphatic rings. The second kappa shape index (κ2) is 5.21. The molecule has 1 aromatic heterocycles. The lowest BCUT2D eigenvalue weighted by Crippen LogP contribution is -2.34. The van der Waals surface area contributed by atoms with Gasteiger partial charge in [0, 0.05) is 11.8 Å². The molecule has 23 heavy (non-hydrogen) atoms. The zero-order chi connectivity index (χ0) is 16.0. The van der Waals surface area contributed by atoms with Crippen LogP contribution in [0, 0.1) is 6.92 Å². The number of rotatable bonds is 2. The molecule has 0 saturated heterocycles. The largest absolute Gasteiger partial charge is 0.390 e. The molecule has 0 bridgehead atoms. The lowest BCUT2D eigenvalue weighted by Gasteiger charge is -2.17. The van der Waals surface area contributed by atoms with Crippen LogP contribution in [0.4, 0.5) is 0 Å². The predicted molar refractivity (Wildman–Crippen MR) is 87.2 cm³/mol. The van der Waals surface area contributed by atoms with Crippen molar-refractivity contribution >= 4 is 16.8 Å². The van der Waals surface area contributed by atoms with Crippen LogP contribution >= 0.6 is 0 Å². The van der Waals surface area contributed by atoms with Crippen molar-refractivity contribution in [1.82, 2.24) is 15.5 Å². The van der Waals surface area contributed by atoms with Crippen molar-refractivity contribution in [2.24, 2.45) is 0 Å². The van der Waals surface area contributed by atoms with Crippen molar-refractivity contribution in [3.63, 3.8) is 0 Å². The van der Waals surface area contributed by atoms with E-state index in [1.165, 1.54) is 0 Å². The van der Waals surface area contributed by atoms with Crippen LogP contribution in [0.2, 0.25) is 0 Å². The van der Waals surface area contributed by atoms with E-state index < -0.39 is 12.1 Å². The number of aromatic amines is 1. The fourth-order valence-electron chi connectivity index (χ4n) is 3.26. The van der Waals surface area contributed by atoms with Crippen molar-refractivity contribution < 1.29 is 9.90 Å². The maximum Gasteiger partial charge on any atom is 0.272 e. The molecule has 5 nitrogen and oxygen atoms in total. The smallest absolute Gasteiger partial charge is 0.272 e. The SMILES string of the molecule is Cc1ccc2[nH]nc(C(=O)NC3c4ccccc4CC3O)c2c1. The third-order valence-corrected chi connectivity index (χ3v) is 4.42. The Labute approximate surface area is 133 Å². The number of fused-ring (bicyclic) bond motifs is 2. The summed E-state index contributed by atoms with van der Waals surface area (Å²) in [7, 11) is 0. The third-order valence-electron chi connectivity index (χ3n) is 4.42. The van der Waals surface area contributed by atoms with Crippen LogP contribution in [0.1, 0.15) is 33.2 Å². The van der Waals surface area contributed by atoms with Gasteiger partial charge in [0.05, 0.1) is 17.7 Å². The highest BCUT2D eigenvalue weighted by atomic mass is 16.3. The number of H-pyrrole nitrogens is 1. The summed E-state index contributed by atoms with van der Waals surface area (Å²) in [6.45, 7) is 1.98. The van der Waals surface area contributed by atoms with Crippen LogP contribution in [0.25, 0.3) is 10.9 Å². The van der Waals surface area contributed by atoms with Crippen LogP contribution in [-0.4, -0.2) is 27.3 Å². The molecule has 4 rings (SSSR count). The normalized spacial score (nSPS) is 19.7. The molecule has 1 amide bonds. The van der Waals surface area contributed by atoms with E-state index in [0.29, 0.717) is 12.1 Å². The number of aryl methyl sites for hydroxylation is 1. The Morgan fingerprint density at radius 1 is 1.30 bits per heavy atom. The van der Waals surface area contributed by atoms with Gasteiger partial charge in [-0.1, -0.05) is 35.9 Å². The number of carbonyl (C=O) groups is 1. The highest BCUT2D eigenvalue weighted by molar-refractivity contribution is 6.05. The Morgan fingerprint density at radius 2 is 2.13 bits per heavy atom. The molecule has 0 saturated carbocycles. The first-order chi connectivity index (χ1) is 11.1. The molecule has 3 aromatic rings. The lowest BCUT2D eigenvalue weighted by molar-refractivity contribution is 0.0855. The Morgan fingerprint density at radius 3 is 3.00 bits per heavy atom. The zero-order valence-corrected chi connectivity index (χ0v) is 12.7. The van der Waals surface area contributed by atoms with Gasteiger partial charge < -0.3 is 10.4 Å². The number of aromatic nitrogens is 2. The summed E-state index contributed by atoms with van der Waals surface area (Å²) in [5, 5.41) is 21.0. The number of hydrogen-bond acceptors (Lipinski definition) is 3. The summed E-state index contributed by atoms with van der Waals surface area (Å²) >= 11 is 0. The summed E-state index contributed by atoms with van der Waals surface area (Å²) in [5.74, 6) is -0.275. The monoisotopic (exact) mass is 307 g/mol. The minimum absolute atomic E-state index is 0.275. The number of nitrogens with one attached hydrogen (secondary N) is 2. The predicted octanol–water partition coefficient (Wildman–Crippen LogP) is 2.26. The molecule has 1 heterocycles. The van der Waals surface area contributed by atoms with Crippen LogP contribution in [0.15, 0.2) is 42.5 Å². The Hall–Kier alpha value is -2.66. The van der Waals surface area contributed by atoms with E-state index in [4.69, 9.17) is 0 Å². The molecule has 0 spiro atoms. The first-order valence-electron chi connectivity index (χ1n) is 7.65. The molecule has 0 aliphatic heterocycles. The standard InChI is InChI=1S/C18H17N3O2/c1-10-6-7-14-13(8-10)17(21-20-14)18(23)19-16-12-5-3-2-4-11(12)9-15(16)22/h2-8,15-16,22H,9H2,1H3,(H,19,23)(H,20,21). The van der Waals surface area contributed by atoms with Crippen LogP contribution in [0.3, 0.4) is 0 Å². The molecule has 1 aliphatic carbocycles. The minimum Gasteiger partial charge on any atom is -0.390 e. The van der Waals surface area contributed by atoms with Gasteiger partial charge in [0.25, 0.3) is 5.91 Å². The Balaban J connectivity index is 1.66. The number of nitrogens with zero attached hydrogens (tertiary/aromatic N) is 1. The van der Waals surface area contributed by atoms with Crippen LogP contribution in [-0.2, 0) is 6.42 Å². The molecule has 2 unspecified atom stereocenters. The van der Waals surface area contributed by atoms with Crippen LogP contribution < -0.4 is 5.32 Å². The maximum absolute atomic E-state index is 12.6. The number of carbonyl (C=O) groups excluding carboxylic acids is 1. The summed E-state index contributed by atoms with van der Waals surface area (Å²) in [6.07, 6.45) is -0.0510. The van der Waals surface area contributed by atoms with Crippen molar-refractivity contribution in [2.45, 2.75) is 25.5 Å². The van der Waals surface area contributed by atoms with E-state index >= 15 is 0 Å². The Bertz CT molecular complexity index is 900. The highest BCUT2D eigenvalue weighted by Gasteiger charge is 2.32. The second-order valence-corrected chi connectivity index (χ2v) is 6.04. The molecular weight excluding hydrogens is 290 g/mol. The molecule has 0 radical (unpaired) electrons. The zero-order valence-electron chi connectivity index (χ0n) is 12.7. The van der Waals surface area contributed by atoms with E-state index in [0.717, 1.165) is 27.6 Å². The summed E-state index contributed by atoms with van der Waals surface area (Å²) in [6, 6.07) is 13.2. The number of aliphatic hydroxyl groups excluding tert-OH is 1. The first kappa shape index (κ1) is 14.0. The maximum atomic E-state index is 12.6. The molecular formula is C18H17N3O2. The number of aliphatic hydroxyl groups is 1. The average Bonchev–Trinajstić information content (AvgIpc) is 3.08. The first-order valence-corrected chi connectivity index (χ1v) is 7.65. The summed E-state index contributed by atoms with van der Waals surface area (Å²) < 4.78 is 0. The highest BCUT2D eigenvalue weighted by Crippen LogP contribution is 2.31. The van der Waals surface area contributed by atoms with Gasteiger partial charge in [-0.2, -0.15) is 5.10 Å². The van der Waals surface area contributed by atoms with E-state index in [2.05, 4.69) is 15.5 Å². The average molecular weight is 307 g/mol. The van der Waals surface area contributed by atoms with Crippen molar-refractivity contribution in [3.8, 4) is 0 Å². The van der Waals surface area contributed by atoms with Gasteiger partial charge in [-0.05, 0) is 30.2 Å². The quantitative estimate of drug-likeness (QED) is 0.679. The van der Waals surface area contributed by atoms with Gasteiger partial charge in [-0.15, -0.1) is 0 Å². The van der Waals surface area contributed by atoms with Crippen molar-refractivity contribution in [3.05, 3.63) is 64.8 Å². The van der Waals surface area contributed by atoms with Gasteiger partial charge in [0.2, 0.25) is 0 Å². The van der Waals surface area contributed by atoms with Gasteiger partial charge in [0.15, 0.2) is 5.69 Å². The molecule has 2 aromatic carbocycles. The second-order valence-electron chi connectivity index (χ2n) is 6.04. The fourth-order valence-corrected chi connectivity index (χ4v) is 3.26. The number of hydrogen-bond donors (Lipinski definition) is 3. The summed E-state index contributed by atoms with van der Waals surface area (Å²) in [4.78, 5) is 12.6. The minimum atomic E-state index is -0.608. The van der Waals surface area contributed by atoms with Gasteiger partial charge in [0.1, 0.15) is 0 Å². The molecule has 5 heteroatoms. The van der Waals surface area contributed by atoms with E-state index in [1.807, 2.05) is 49.4 Å². The van der Waals surface area contributed by atoms with Gasteiger partial charge in [-0.3, -0.25) is 9.89 Å². The number of benzene rings is 2. The molecule has 0 fully saturated rings. The van der Waals surface area contributed by atoms with Crippen molar-refractivity contribution in [2.75, 3.05) is 0 Å². The molecule has 3 N–H and O–H groups in total. The molecule has 2 atom stereocenters. The topological polar surface area (TPSA) is 78.0 Å². The fraction of sp³-hybridized carbons (Fsp3) is 0.222.